The van der Waals surface area contributed by atoms with Gasteiger partial charge in [0, 0.05) is 25.2 Å². The van der Waals surface area contributed by atoms with E-state index in [1.54, 1.807) is 24.0 Å². The minimum Gasteiger partial charge on any atom is -0.339 e. The summed E-state index contributed by atoms with van der Waals surface area (Å²) in [6, 6.07) is 4.94. The number of fused-ring (bicyclic) bond motifs is 1. The predicted molar refractivity (Wildman–Crippen MR) is 94.1 cm³/mol. The summed E-state index contributed by atoms with van der Waals surface area (Å²) >= 11 is 0. The summed E-state index contributed by atoms with van der Waals surface area (Å²) in [5.74, 6) is 0.719. The second-order valence-electron chi connectivity index (χ2n) is 6.80. The Balaban J connectivity index is 2.03. The number of nitrogens with zero attached hydrogens (tertiary/aromatic N) is 3. The third-order valence-electron chi connectivity index (χ3n) is 4.36. The fourth-order valence-corrected chi connectivity index (χ4v) is 4.49. The van der Waals surface area contributed by atoms with Gasteiger partial charge in [0.25, 0.3) is 15.9 Å². The number of carbonyl (C=O) groups excluding carboxylic acids is 1. The molecule has 24 heavy (non-hydrogen) atoms. The number of benzene rings is 1. The van der Waals surface area contributed by atoms with E-state index in [0.717, 1.165) is 25.9 Å². The monoisotopic (exact) mass is 349 g/mol. The van der Waals surface area contributed by atoms with Crippen molar-refractivity contribution < 1.29 is 13.2 Å². The molecule has 3 rings (SSSR count). The fourth-order valence-electron chi connectivity index (χ4n) is 3.22. The Hall–Kier alpha value is -1.89. The lowest BCUT2D eigenvalue weighted by atomic mass is 10.1. The van der Waals surface area contributed by atoms with Crippen LogP contribution in [0.5, 0.6) is 0 Å². The Morgan fingerprint density at radius 3 is 2.54 bits per heavy atom. The van der Waals surface area contributed by atoms with Crippen LogP contribution in [-0.4, -0.2) is 44.7 Å². The zero-order chi connectivity index (χ0) is 17.5. The van der Waals surface area contributed by atoms with Gasteiger partial charge in [-0.3, -0.25) is 4.79 Å². The Kier molecular flexibility index (Phi) is 4.38. The third kappa shape index (κ3) is 3.05. The number of hydrogen-bond acceptors (Lipinski definition) is 4. The second-order valence-corrected chi connectivity index (χ2v) is 8.37. The highest BCUT2D eigenvalue weighted by atomic mass is 32.2. The van der Waals surface area contributed by atoms with Crippen LogP contribution in [0.4, 0.5) is 5.69 Å². The van der Waals surface area contributed by atoms with Gasteiger partial charge in [-0.15, -0.1) is 4.40 Å². The first-order valence-corrected chi connectivity index (χ1v) is 9.76. The zero-order valence-corrected chi connectivity index (χ0v) is 15.1. The lowest BCUT2D eigenvalue weighted by Gasteiger charge is -2.31. The molecule has 2 heterocycles. The molecule has 0 unspecified atom stereocenters. The van der Waals surface area contributed by atoms with Crippen molar-refractivity contribution in [3.8, 4) is 0 Å². The van der Waals surface area contributed by atoms with Gasteiger partial charge in [0.05, 0.1) is 5.69 Å². The van der Waals surface area contributed by atoms with Gasteiger partial charge in [0.15, 0.2) is 0 Å². The van der Waals surface area contributed by atoms with Crippen LogP contribution in [0, 0.1) is 5.92 Å². The summed E-state index contributed by atoms with van der Waals surface area (Å²) in [5.41, 5.74) is 1.02. The minimum atomic E-state index is -3.76. The van der Waals surface area contributed by atoms with Gasteiger partial charge < -0.3 is 9.80 Å². The van der Waals surface area contributed by atoms with Crippen molar-refractivity contribution in [2.75, 3.05) is 24.5 Å². The number of hydrogen-bond donors (Lipinski definition) is 0. The van der Waals surface area contributed by atoms with Crippen LogP contribution >= 0.6 is 0 Å². The molecule has 0 radical (unpaired) electrons. The summed E-state index contributed by atoms with van der Waals surface area (Å²) in [7, 11) is -3.76. The Morgan fingerprint density at radius 2 is 1.92 bits per heavy atom. The van der Waals surface area contributed by atoms with E-state index in [9.17, 15) is 13.2 Å². The molecular formula is C17H23N3O3S. The van der Waals surface area contributed by atoms with E-state index >= 15 is 0 Å². The predicted octanol–water partition coefficient (Wildman–Crippen LogP) is 2.51. The quantitative estimate of drug-likeness (QED) is 0.841. The van der Waals surface area contributed by atoms with Gasteiger partial charge in [-0.2, -0.15) is 8.42 Å². The van der Waals surface area contributed by atoms with Gasteiger partial charge in [-0.05, 0) is 43.9 Å². The Bertz CT molecular complexity index is 793. The number of amidine groups is 1. The molecule has 0 aliphatic carbocycles. The first-order chi connectivity index (χ1) is 11.3. The lowest BCUT2D eigenvalue weighted by molar-refractivity contribution is 0.0792. The molecule has 0 bridgehead atoms. The highest BCUT2D eigenvalue weighted by Gasteiger charge is 2.31. The SMILES string of the molecule is CC1=NS(=O)(=O)c2cc(C(=O)N3CCCC3)ccc2N1CC(C)C. The van der Waals surface area contributed by atoms with Crippen LogP contribution in [0.15, 0.2) is 27.5 Å². The van der Waals surface area contributed by atoms with Crippen LogP contribution < -0.4 is 4.90 Å². The first kappa shape index (κ1) is 17.0. The molecule has 0 atom stereocenters. The topological polar surface area (TPSA) is 70.0 Å². The number of sulfonamides is 1. The maximum Gasteiger partial charge on any atom is 0.286 e. The van der Waals surface area contributed by atoms with E-state index in [0.29, 0.717) is 29.5 Å². The molecule has 1 amide bonds. The van der Waals surface area contributed by atoms with Crippen LogP contribution in [0.3, 0.4) is 0 Å². The van der Waals surface area contributed by atoms with Gasteiger partial charge in [0.1, 0.15) is 10.7 Å². The van der Waals surface area contributed by atoms with E-state index in [-0.39, 0.29) is 10.8 Å². The molecule has 130 valence electrons. The smallest absolute Gasteiger partial charge is 0.286 e. The molecule has 1 fully saturated rings. The van der Waals surface area contributed by atoms with Crippen molar-refractivity contribution in [3.63, 3.8) is 0 Å². The molecule has 2 aliphatic rings. The molecule has 7 heteroatoms. The molecule has 1 aromatic rings. The molecule has 1 aromatic carbocycles. The first-order valence-electron chi connectivity index (χ1n) is 8.32. The fraction of sp³-hybridized carbons (Fsp3) is 0.529. The maximum atomic E-state index is 12.5. The van der Waals surface area contributed by atoms with Gasteiger partial charge in [0.2, 0.25) is 0 Å². The summed E-state index contributed by atoms with van der Waals surface area (Å²) in [4.78, 5) is 16.4. The van der Waals surface area contributed by atoms with Crippen LogP contribution in [0.25, 0.3) is 0 Å². The number of likely N-dealkylation sites (tertiary alicyclic amines) is 1. The molecule has 0 aromatic heterocycles. The summed E-state index contributed by atoms with van der Waals surface area (Å²) in [5, 5.41) is 0. The minimum absolute atomic E-state index is 0.104. The second kappa shape index (κ2) is 6.20. The Labute approximate surface area is 143 Å². The molecule has 2 aliphatic heterocycles. The van der Waals surface area contributed by atoms with Crippen molar-refractivity contribution in [1.29, 1.82) is 0 Å². The zero-order valence-electron chi connectivity index (χ0n) is 14.3. The summed E-state index contributed by atoms with van der Waals surface area (Å²) < 4.78 is 28.8. The third-order valence-corrected chi connectivity index (χ3v) is 5.75. The number of anilines is 1. The van der Waals surface area contributed by atoms with Gasteiger partial charge in [-0.1, -0.05) is 13.8 Å². The molecule has 0 N–H and O–H groups in total. The van der Waals surface area contributed by atoms with Gasteiger partial charge in [-0.25, -0.2) is 0 Å². The van der Waals surface area contributed by atoms with Crippen molar-refractivity contribution in [1.82, 2.24) is 4.90 Å². The average molecular weight is 349 g/mol. The van der Waals surface area contributed by atoms with Crippen LogP contribution in [0.2, 0.25) is 0 Å². The largest absolute Gasteiger partial charge is 0.339 e. The van der Waals surface area contributed by atoms with E-state index in [1.165, 1.54) is 6.07 Å². The molecule has 1 saturated heterocycles. The van der Waals surface area contributed by atoms with Gasteiger partial charge >= 0.3 is 0 Å². The Morgan fingerprint density at radius 1 is 1.25 bits per heavy atom. The number of rotatable bonds is 3. The molecule has 6 nitrogen and oxygen atoms in total. The van der Waals surface area contributed by atoms with Crippen molar-refractivity contribution in [2.45, 2.75) is 38.5 Å². The van der Waals surface area contributed by atoms with Crippen molar-refractivity contribution in [2.24, 2.45) is 10.3 Å². The van der Waals surface area contributed by atoms with Crippen molar-refractivity contribution >= 4 is 27.5 Å². The molecule has 0 saturated carbocycles. The standard InChI is InChI=1S/C17H23N3O3S/c1-12(2)11-20-13(3)18-24(22,23)16-10-14(6-7-15(16)20)17(21)19-8-4-5-9-19/h6-7,10,12H,4-5,8-9,11H2,1-3H3. The molecular weight excluding hydrogens is 326 g/mol. The van der Waals surface area contributed by atoms with E-state index in [2.05, 4.69) is 18.2 Å². The number of amides is 1. The van der Waals surface area contributed by atoms with E-state index in [1.807, 2.05) is 4.90 Å². The lowest BCUT2D eigenvalue weighted by Crippen LogP contribution is -2.37. The van der Waals surface area contributed by atoms with Crippen LogP contribution in [-0.2, 0) is 10.0 Å². The highest BCUT2D eigenvalue weighted by molar-refractivity contribution is 7.90. The average Bonchev–Trinajstić information content (AvgIpc) is 3.04. The molecule has 0 spiro atoms. The van der Waals surface area contributed by atoms with Crippen molar-refractivity contribution in [3.05, 3.63) is 23.8 Å². The summed E-state index contributed by atoms with van der Waals surface area (Å²) in [6.07, 6.45) is 2.00. The maximum absolute atomic E-state index is 12.5. The summed E-state index contributed by atoms with van der Waals surface area (Å²) in [6.45, 7) is 7.99. The normalized spacial score (nSPS) is 19.4. The van der Waals surface area contributed by atoms with E-state index < -0.39 is 10.0 Å². The highest BCUT2D eigenvalue weighted by Crippen LogP contribution is 2.33. The van der Waals surface area contributed by atoms with E-state index in [4.69, 9.17) is 0 Å². The number of carbonyl (C=O) groups is 1. The van der Waals surface area contributed by atoms with Crippen LogP contribution in [0.1, 0.15) is 44.0 Å².